The molecule has 0 fully saturated rings. The summed E-state index contributed by atoms with van der Waals surface area (Å²) in [6, 6.07) is -3.67. The van der Waals surface area contributed by atoms with Gasteiger partial charge in [0.05, 0.1) is 32.4 Å². The topological polar surface area (TPSA) is 183 Å². The minimum absolute atomic E-state index is 0.0473. The molecule has 0 aliphatic rings. The number of nitrogens with one attached hydrogen (secondary N) is 2. The van der Waals surface area contributed by atoms with Crippen LogP contribution in [0.1, 0.15) is 81.1 Å². The van der Waals surface area contributed by atoms with Crippen molar-refractivity contribution in [2.75, 3.05) is 27.4 Å². The Morgan fingerprint density at radius 1 is 0.884 bits per heavy atom. The Kier molecular flexibility index (Phi) is 17.4. The van der Waals surface area contributed by atoms with Gasteiger partial charge < -0.3 is 35.5 Å². The highest BCUT2D eigenvalue weighted by molar-refractivity contribution is 5.97. The highest BCUT2D eigenvalue weighted by Crippen LogP contribution is 2.22. The third-order valence-corrected chi connectivity index (χ3v) is 6.77. The average molecular weight is 613 g/mol. The van der Waals surface area contributed by atoms with Crippen LogP contribution in [0.5, 0.6) is 0 Å². The van der Waals surface area contributed by atoms with Crippen LogP contribution in [0.2, 0.25) is 0 Å². The van der Waals surface area contributed by atoms with Gasteiger partial charge in [-0.05, 0) is 44.9 Å². The first kappa shape index (κ1) is 39.5. The first-order valence-electron chi connectivity index (χ1n) is 14.6. The summed E-state index contributed by atoms with van der Waals surface area (Å²) < 4.78 is 14.6. The van der Waals surface area contributed by atoms with Crippen molar-refractivity contribution >= 4 is 35.6 Å². The predicted octanol–water partition coefficient (Wildman–Crippen LogP) is 1.62. The molecule has 0 aliphatic carbocycles. The molecule has 4 N–H and O–H groups in total. The van der Waals surface area contributed by atoms with Crippen LogP contribution in [0.25, 0.3) is 0 Å². The van der Waals surface area contributed by atoms with E-state index in [9.17, 15) is 28.8 Å². The van der Waals surface area contributed by atoms with Gasteiger partial charge in [0.15, 0.2) is 0 Å². The van der Waals surface area contributed by atoms with Gasteiger partial charge in [-0.1, -0.05) is 40.7 Å². The summed E-state index contributed by atoms with van der Waals surface area (Å²) in [7, 11) is 2.82. The van der Waals surface area contributed by atoms with Crippen LogP contribution >= 0.6 is 0 Å². The number of nitrogens with two attached hydrogens (primary N) is 1. The minimum atomic E-state index is -1.24. The van der Waals surface area contributed by atoms with Gasteiger partial charge in [0.2, 0.25) is 17.7 Å². The number of carbonyl (C=O) groups is 6. The molecule has 0 spiro atoms. The number of rotatable bonds is 17. The summed E-state index contributed by atoms with van der Waals surface area (Å²) >= 11 is 0. The van der Waals surface area contributed by atoms with Crippen molar-refractivity contribution in [1.29, 1.82) is 0 Å². The lowest BCUT2D eigenvalue weighted by Gasteiger charge is -2.35. The lowest BCUT2D eigenvalue weighted by atomic mass is 9.86. The van der Waals surface area contributed by atoms with Crippen LogP contribution in [0.15, 0.2) is 11.6 Å². The molecular weight excluding hydrogens is 560 g/mol. The van der Waals surface area contributed by atoms with E-state index in [0.29, 0.717) is 0 Å². The molecule has 4 atom stereocenters. The Balaban J connectivity index is 6.03. The van der Waals surface area contributed by atoms with E-state index in [4.69, 9.17) is 15.2 Å². The smallest absolute Gasteiger partial charge is 0.328 e. The molecule has 13 heteroatoms. The fourth-order valence-corrected chi connectivity index (χ4v) is 3.98. The lowest BCUT2D eigenvalue weighted by molar-refractivity contribution is -0.149. The molecule has 0 aromatic rings. The maximum atomic E-state index is 13.3. The third kappa shape index (κ3) is 14.0. The van der Waals surface area contributed by atoms with Crippen molar-refractivity contribution in [3.63, 3.8) is 0 Å². The van der Waals surface area contributed by atoms with Gasteiger partial charge in [-0.3, -0.25) is 24.0 Å². The molecule has 43 heavy (non-hydrogen) atoms. The van der Waals surface area contributed by atoms with Gasteiger partial charge in [0.25, 0.3) is 0 Å². The van der Waals surface area contributed by atoms with Crippen LogP contribution in [-0.4, -0.2) is 92.1 Å². The molecule has 0 aromatic carbocycles. The summed E-state index contributed by atoms with van der Waals surface area (Å²) in [5, 5.41) is 5.15. The number of hydrogen-bond acceptors (Lipinski definition) is 10. The van der Waals surface area contributed by atoms with E-state index in [1.165, 1.54) is 12.0 Å². The zero-order valence-electron chi connectivity index (χ0n) is 27.4. The monoisotopic (exact) mass is 612 g/mol. The molecule has 13 nitrogen and oxygen atoms in total. The van der Waals surface area contributed by atoms with E-state index < -0.39 is 59.3 Å². The molecule has 0 radical (unpaired) electrons. The van der Waals surface area contributed by atoms with E-state index in [0.717, 1.165) is 0 Å². The molecule has 3 amide bonds. The van der Waals surface area contributed by atoms with Crippen molar-refractivity contribution < 1.29 is 43.0 Å². The third-order valence-electron chi connectivity index (χ3n) is 6.77. The number of nitrogens with zero attached hydrogens (tertiary/aromatic N) is 1. The number of ether oxygens (including phenoxy) is 3. The molecule has 0 aliphatic heterocycles. The average Bonchev–Trinajstić information content (AvgIpc) is 2.93. The van der Waals surface area contributed by atoms with Crippen molar-refractivity contribution in [2.24, 2.45) is 17.1 Å². The zero-order valence-corrected chi connectivity index (χ0v) is 27.4. The Labute approximate surface area is 255 Å². The van der Waals surface area contributed by atoms with Gasteiger partial charge in [-0.25, -0.2) is 4.79 Å². The van der Waals surface area contributed by atoms with Gasteiger partial charge in [0.1, 0.15) is 12.1 Å². The fourth-order valence-electron chi connectivity index (χ4n) is 3.98. The minimum Gasteiger partial charge on any atom is -0.469 e. The number of carbonyl (C=O) groups excluding carboxylic acids is 6. The summed E-state index contributed by atoms with van der Waals surface area (Å²) in [5.41, 5.74) is 5.95. The Morgan fingerprint density at radius 2 is 1.42 bits per heavy atom. The standard InChI is InChI=1S/C30H52N4O9/c1-11-42-24(36)16-14-21(29(40)43-12-2)33-27(38)20(13-15-23(35)41-10)32-26(37)19(5)17-22(18(3)4)34(9)28(39)25(31)30(6,7)8/h17-18,20-22,25H,11-16,31H2,1-10H3,(H,32,37)(H,33,38)/b19-17+/t20-,21-,22-,25-/m1/s1. The molecule has 0 aromatic heterocycles. The second-order valence-corrected chi connectivity index (χ2v) is 11.7. The summed E-state index contributed by atoms with van der Waals surface area (Å²) in [6.07, 6.45) is 1.06. The van der Waals surface area contributed by atoms with Crippen molar-refractivity contribution in [3.8, 4) is 0 Å². The van der Waals surface area contributed by atoms with Crippen LogP contribution in [0.4, 0.5) is 0 Å². The Bertz CT molecular complexity index is 1000. The maximum absolute atomic E-state index is 13.3. The highest BCUT2D eigenvalue weighted by Gasteiger charge is 2.33. The molecule has 0 saturated carbocycles. The predicted molar refractivity (Wildman–Crippen MR) is 160 cm³/mol. The first-order valence-corrected chi connectivity index (χ1v) is 14.6. The number of esters is 3. The number of amides is 3. The highest BCUT2D eigenvalue weighted by atomic mass is 16.5. The molecule has 0 unspecified atom stereocenters. The normalized spacial score (nSPS) is 14.6. The van der Waals surface area contributed by atoms with Crippen LogP contribution in [0, 0.1) is 11.3 Å². The molecule has 0 bridgehead atoms. The lowest BCUT2D eigenvalue weighted by Crippen LogP contribution is -2.53. The van der Waals surface area contributed by atoms with Gasteiger partial charge >= 0.3 is 17.9 Å². The molecule has 0 rings (SSSR count). The quantitative estimate of drug-likeness (QED) is 0.124. The van der Waals surface area contributed by atoms with Gasteiger partial charge in [-0.2, -0.15) is 0 Å². The second kappa shape index (κ2) is 18.9. The number of methoxy groups -OCH3 is 1. The molecular formula is C30H52N4O9. The SMILES string of the molecule is CCOC(=O)CC[C@@H](NC(=O)[C@@H](CCC(=O)OC)NC(=O)/C(C)=C/[C@H](C(C)C)N(C)C(=O)[C@@H](N)C(C)(C)C)C(=O)OCC. The first-order chi connectivity index (χ1) is 19.9. The molecule has 246 valence electrons. The van der Waals surface area contributed by atoms with Crippen LogP contribution < -0.4 is 16.4 Å². The van der Waals surface area contributed by atoms with Gasteiger partial charge in [-0.15, -0.1) is 0 Å². The second-order valence-electron chi connectivity index (χ2n) is 11.7. The van der Waals surface area contributed by atoms with Crippen LogP contribution in [0.3, 0.4) is 0 Å². The van der Waals surface area contributed by atoms with Gasteiger partial charge in [0, 0.05) is 25.5 Å². The van der Waals surface area contributed by atoms with E-state index in [-0.39, 0.29) is 56.3 Å². The number of hydrogen-bond donors (Lipinski definition) is 3. The molecule has 0 saturated heterocycles. The summed E-state index contributed by atoms with van der Waals surface area (Å²) in [5.74, 6) is -3.62. The van der Waals surface area contributed by atoms with Crippen molar-refractivity contribution in [3.05, 3.63) is 11.6 Å². The van der Waals surface area contributed by atoms with E-state index in [1.807, 2.05) is 34.6 Å². The van der Waals surface area contributed by atoms with Crippen LogP contribution in [-0.2, 0) is 43.0 Å². The van der Waals surface area contributed by atoms with E-state index in [1.54, 1.807) is 33.9 Å². The van der Waals surface area contributed by atoms with E-state index >= 15 is 0 Å². The van der Waals surface area contributed by atoms with Crippen molar-refractivity contribution in [1.82, 2.24) is 15.5 Å². The largest absolute Gasteiger partial charge is 0.469 e. The maximum Gasteiger partial charge on any atom is 0.328 e. The Morgan fingerprint density at radius 3 is 1.91 bits per heavy atom. The number of likely N-dealkylation sites (N-methyl/N-ethyl adjacent to an activating group) is 1. The van der Waals surface area contributed by atoms with Crippen molar-refractivity contribution in [2.45, 2.75) is 105 Å². The fraction of sp³-hybridized carbons (Fsp3) is 0.733. The summed E-state index contributed by atoms with van der Waals surface area (Å²) in [4.78, 5) is 77.4. The summed E-state index contributed by atoms with van der Waals surface area (Å²) in [6.45, 7) is 14.4. The van der Waals surface area contributed by atoms with E-state index in [2.05, 4.69) is 15.4 Å². The Hall–Kier alpha value is -3.48. The zero-order chi connectivity index (χ0) is 33.5. The molecule has 0 heterocycles.